The Morgan fingerprint density at radius 3 is 2.42 bits per heavy atom. The van der Waals surface area contributed by atoms with Crippen LogP contribution < -0.4 is 0 Å². The molecule has 1 aromatic heterocycles. The molecular weight excluding hydrogens is 461 g/mol. The zero-order chi connectivity index (χ0) is 24.0. The minimum absolute atomic E-state index is 0.0144. The minimum atomic E-state index is -4.46. The maximum absolute atomic E-state index is 12.7. The molecule has 0 aliphatic carbocycles. The summed E-state index contributed by atoms with van der Waals surface area (Å²) in [5.41, 5.74) is -0.722. The Balaban J connectivity index is 1.60. The van der Waals surface area contributed by atoms with Gasteiger partial charge in [0.2, 0.25) is 5.78 Å². The lowest BCUT2D eigenvalue weighted by Gasteiger charge is -2.27. The van der Waals surface area contributed by atoms with Gasteiger partial charge in [0.25, 0.3) is 10.0 Å². The molecule has 170 valence electrons. The van der Waals surface area contributed by atoms with Crippen LogP contribution >= 0.6 is 0 Å². The third-order valence-electron chi connectivity index (χ3n) is 4.93. The van der Waals surface area contributed by atoms with Crippen molar-refractivity contribution < 1.29 is 31.5 Å². The number of aliphatic hydroxyl groups is 1. The van der Waals surface area contributed by atoms with Crippen LogP contribution in [-0.2, 0) is 21.0 Å². The van der Waals surface area contributed by atoms with Crippen molar-refractivity contribution in [3.8, 4) is 5.69 Å². The van der Waals surface area contributed by atoms with Gasteiger partial charge in [0.15, 0.2) is 5.76 Å². The number of allylic oxidation sites excluding steroid dienone is 1. The van der Waals surface area contributed by atoms with E-state index in [1.807, 2.05) is 0 Å². The van der Waals surface area contributed by atoms with E-state index in [1.165, 1.54) is 53.4 Å². The van der Waals surface area contributed by atoms with Crippen LogP contribution in [-0.4, -0.2) is 45.7 Å². The number of carbonyl (C=O) groups excluding carboxylic acids is 1. The molecule has 3 aromatic rings. The lowest BCUT2D eigenvalue weighted by Crippen LogP contribution is -2.34. The predicted octanol–water partition coefficient (Wildman–Crippen LogP) is 3.43. The van der Waals surface area contributed by atoms with E-state index in [1.54, 1.807) is 0 Å². The van der Waals surface area contributed by atoms with Crippen molar-refractivity contribution >= 4 is 27.6 Å². The largest absolute Gasteiger partial charge is 0.505 e. The number of nitrogens with zero attached hydrogens (tertiary/aromatic N) is 4. The molecule has 33 heavy (non-hydrogen) atoms. The first-order valence-electron chi connectivity index (χ1n) is 9.34. The highest BCUT2D eigenvalue weighted by atomic mass is 32.2. The first kappa shape index (κ1) is 22.3. The van der Waals surface area contributed by atoms with Gasteiger partial charge in [0, 0.05) is 12.6 Å². The van der Waals surface area contributed by atoms with Gasteiger partial charge in [0.1, 0.15) is 11.4 Å². The lowest BCUT2D eigenvalue weighted by molar-refractivity contribution is -0.137. The second-order valence-electron chi connectivity index (χ2n) is 7.00. The summed E-state index contributed by atoms with van der Waals surface area (Å²) in [6.07, 6.45) is -0.823. The number of hydrogen-bond acceptors (Lipinski definition) is 6. The van der Waals surface area contributed by atoms with Crippen molar-refractivity contribution in [1.82, 2.24) is 19.3 Å². The molecule has 0 unspecified atom stereocenters. The fourth-order valence-corrected chi connectivity index (χ4v) is 4.63. The number of rotatable bonds is 4. The summed E-state index contributed by atoms with van der Waals surface area (Å²) in [6, 6.07) is 10.0. The number of alkyl halides is 3. The number of hydrogen-bond donors (Lipinski definition) is 1. The number of fused-ring (bicyclic) bond motifs is 1. The quantitative estimate of drug-likeness (QED) is 0.579. The summed E-state index contributed by atoms with van der Waals surface area (Å²) in [4.78, 5) is 12.6. The second-order valence-corrected chi connectivity index (χ2v) is 8.93. The molecule has 1 aliphatic heterocycles. The van der Waals surface area contributed by atoms with E-state index in [9.17, 15) is 31.5 Å². The van der Waals surface area contributed by atoms with E-state index >= 15 is 0 Å². The van der Waals surface area contributed by atoms with Gasteiger partial charge >= 0.3 is 6.18 Å². The topological polar surface area (TPSA) is 105 Å². The summed E-state index contributed by atoms with van der Waals surface area (Å²) < 4.78 is 65.4. The third-order valence-corrected chi connectivity index (χ3v) is 6.74. The Morgan fingerprint density at radius 1 is 1.09 bits per heavy atom. The first-order chi connectivity index (χ1) is 15.5. The molecule has 0 fully saturated rings. The zero-order valence-electron chi connectivity index (χ0n) is 16.9. The Labute approximate surface area is 185 Å². The molecule has 0 spiro atoms. The number of ketones is 1. The van der Waals surface area contributed by atoms with Crippen LogP contribution in [0.1, 0.15) is 16.8 Å². The number of carbonyl (C=O) groups is 1. The monoisotopic (exact) mass is 476 g/mol. The summed E-state index contributed by atoms with van der Waals surface area (Å²) in [5, 5.41) is 18.2. The highest BCUT2D eigenvalue weighted by Crippen LogP contribution is 2.35. The molecular formula is C21H15F3N4O4S. The van der Waals surface area contributed by atoms with Crippen LogP contribution in [0.15, 0.2) is 71.4 Å². The van der Waals surface area contributed by atoms with Crippen LogP contribution in [0.25, 0.3) is 17.5 Å². The smallest absolute Gasteiger partial charge is 0.416 e. The molecule has 0 saturated carbocycles. The Hall–Kier alpha value is -3.93. The number of aliphatic hydroxyl groups excluding tert-OH is 1. The van der Waals surface area contributed by atoms with Gasteiger partial charge in [-0.15, -0.1) is 5.10 Å². The van der Waals surface area contributed by atoms with Gasteiger partial charge < -0.3 is 5.11 Å². The van der Waals surface area contributed by atoms with Crippen LogP contribution in [0.5, 0.6) is 0 Å². The number of aromatic nitrogens is 3. The van der Waals surface area contributed by atoms with Gasteiger partial charge in [-0.05, 0) is 48.6 Å². The van der Waals surface area contributed by atoms with Crippen molar-refractivity contribution in [1.29, 1.82) is 0 Å². The van der Waals surface area contributed by atoms with Gasteiger partial charge in [-0.25, -0.2) is 13.1 Å². The van der Waals surface area contributed by atoms with Crippen molar-refractivity contribution in [2.75, 3.05) is 7.05 Å². The van der Waals surface area contributed by atoms with E-state index in [0.29, 0.717) is 9.99 Å². The van der Waals surface area contributed by atoms with Crippen molar-refractivity contribution in [3.05, 3.63) is 83.3 Å². The normalized spacial score (nSPS) is 15.7. The van der Waals surface area contributed by atoms with Crippen molar-refractivity contribution in [2.24, 2.45) is 0 Å². The molecule has 2 heterocycles. The second kappa shape index (κ2) is 7.89. The molecule has 0 bridgehead atoms. The molecule has 0 saturated heterocycles. The molecule has 0 radical (unpaired) electrons. The molecule has 0 amide bonds. The fourth-order valence-electron chi connectivity index (χ4n) is 3.23. The number of sulfonamides is 1. The molecule has 1 aliphatic rings. The van der Waals surface area contributed by atoms with Crippen LogP contribution in [0.4, 0.5) is 13.2 Å². The van der Waals surface area contributed by atoms with Gasteiger partial charge in [-0.3, -0.25) is 9.10 Å². The van der Waals surface area contributed by atoms with Crippen molar-refractivity contribution in [3.63, 3.8) is 0 Å². The van der Waals surface area contributed by atoms with E-state index < -0.39 is 39.0 Å². The van der Waals surface area contributed by atoms with Gasteiger partial charge in [-0.2, -0.15) is 13.2 Å². The van der Waals surface area contributed by atoms with Crippen molar-refractivity contribution in [2.45, 2.75) is 11.1 Å². The predicted molar refractivity (Wildman–Crippen MR) is 111 cm³/mol. The van der Waals surface area contributed by atoms with Gasteiger partial charge in [-0.1, -0.05) is 17.3 Å². The van der Waals surface area contributed by atoms with Crippen LogP contribution in [0, 0.1) is 0 Å². The zero-order valence-corrected chi connectivity index (χ0v) is 17.7. The highest BCUT2D eigenvalue weighted by Gasteiger charge is 2.36. The molecule has 4 rings (SSSR count). The minimum Gasteiger partial charge on any atom is -0.505 e. The molecule has 8 nitrogen and oxygen atoms in total. The summed E-state index contributed by atoms with van der Waals surface area (Å²) in [7, 11) is -2.87. The van der Waals surface area contributed by atoms with Crippen LogP contribution in [0.2, 0.25) is 0 Å². The first-order valence-corrected chi connectivity index (χ1v) is 10.8. The average Bonchev–Trinajstić information content (AvgIpc) is 3.25. The Kier molecular flexibility index (Phi) is 5.32. The average molecular weight is 476 g/mol. The summed E-state index contributed by atoms with van der Waals surface area (Å²) >= 11 is 0. The summed E-state index contributed by atoms with van der Waals surface area (Å²) in [6.45, 7) is 0. The highest BCUT2D eigenvalue weighted by molar-refractivity contribution is 7.89. The number of halogens is 3. The van der Waals surface area contributed by atoms with E-state index in [0.717, 1.165) is 25.3 Å². The molecule has 1 N–H and O–H groups in total. The van der Waals surface area contributed by atoms with E-state index in [4.69, 9.17) is 0 Å². The van der Waals surface area contributed by atoms with Crippen LogP contribution in [0.3, 0.4) is 0 Å². The number of likely N-dealkylation sites (N-methyl/N-ethyl adjacent to an activating group) is 1. The Bertz CT molecular complexity index is 1410. The third kappa shape index (κ3) is 4.00. The molecule has 12 heteroatoms. The number of benzene rings is 2. The molecule has 2 aromatic carbocycles. The standard InChI is InChI=1S/C21H15F3N4O4S/c1-27-19(20(30)16-4-2-3-5-18(16)33(27,31)32)17(29)11-8-14-12-28(26-25-14)15-9-6-13(7-10-15)21(22,23)24/h2-12,30H,1H3/b11-8+. The van der Waals surface area contributed by atoms with E-state index in [2.05, 4.69) is 10.3 Å². The molecule has 0 atom stereocenters. The lowest BCUT2D eigenvalue weighted by atomic mass is 10.1. The maximum Gasteiger partial charge on any atom is 0.416 e. The maximum atomic E-state index is 12.7. The van der Waals surface area contributed by atoms with E-state index in [-0.39, 0.29) is 16.2 Å². The fraction of sp³-hybridized carbons (Fsp3) is 0.0952. The Morgan fingerprint density at radius 2 is 1.76 bits per heavy atom. The van der Waals surface area contributed by atoms with Gasteiger partial charge in [0.05, 0.1) is 22.3 Å². The SMILES string of the molecule is CN1C(C(=O)/C=C/c2cn(-c3ccc(C(F)(F)F)cc3)nn2)=C(O)c2ccccc2S1(=O)=O. The summed E-state index contributed by atoms with van der Waals surface area (Å²) in [5.74, 6) is -1.27.